The quantitative estimate of drug-likeness (QED) is 0.824. The standard InChI is InChI=1S/C20H28N2O3/c23-19(16-4-3-5-16)22-12-9-20(10-13-22)17(8-15-25-20)7-14-24-18-6-1-2-11-21-18/h1-2,6,11,16-17H,3-5,7-10,12-15H2/t17-/m0/s1. The van der Waals surface area contributed by atoms with Crippen molar-refractivity contribution in [2.75, 3.05) is 26.3 Å². The molecule has 0 unspecified atom stereocenters. The van der Waals surface area contributed by atoms with Gasteiger partial charge in [0, 0.05) is 37.9 Å². The molecule has 2 aliphatic heterocycles. The SMILES string of the molecule is O=C(C1CCC1)N1CCC2(CC1)OCC[C@@H]2CCOc1ccccn1. The topological polar surface area (TPSA) is 51.7 Å². The molecule has 3 heterocycles. The summed E-state index contributed by atoms with van der Waals surface area (Å²) in [7, 11) is 0. The maximum absolute atomic E-state index is 12.5. The van der Waals surface area contributed by atoms with Crippen LogP contribution in [0, 0.1) is 11.8 Å². The molecule has 3 fully saturated rings. The lowest BCUT2D eigenvalue weighted by molar-refractivity contribution is -0.144. The maximum Gasteiger partial charge on any atom is 0.225 e. The average Bonchev–Trinajstić information content (AvgIpc) is 2.97. The Labute approximate surface area is 149 Å². The molecule has 1 saturated carbocycles. The summed E-state index contributed by atoms with van der Waals surface area (Å²) in [4.78, 5) is 18.7. The number of carbonyl (C=O) groups is 1. The number of pyridine rings is 1. The second kappa shape index (κ2) is 7.32. The van der Waals surface area contributed by atoms with E-state index in [1.54, 1.807) is 6.20 Å². The van der Waals surface area contributed by atoms with Crippen molar-refractivity contribution in [3.8, 4) is 5.88 Å². The minimum absolute atomic E-state index is 0.0378. The molecule has 5 nitrogen and oxygen atoms in total. The van der Waals surface area contributed by atoms with Crippen LogP contribution in [0.25, 0.3) is 0 Å². The molecular weight excluding hydrogens is 316 g/mol. The van der Waals surface area contributed by atoms with Crippen LogP contribution in [0.2, 0.25) is 0 Å². The van der Waals surface area contributed by atoms with Gasteiger partial charge in [0.25, 0.3) is 0 Å². The Balaban J connectivity index is 1.28. The molecule has 3 aliphatic rings. The zero-order valence-corrected chi connectivity index (χ0v) is 14.9. The van der Waals surface area contributed by atoms with Gasteiger partial charge in [-0.2, -0.15) is 0 Å². The molecule has 0 bridgehead atoms. The molecule has 1 aliphatic carbocycles. The lowest BCUT2D eigenvalue weighted by atomic mass is 9.77. The van der Waals surface area contributed by atoms with Crippen LogP contribution < -0.4 is 4.74 Å². The van der Waals surface area contributed by atoms with Gasteiger partial charge in [-0.25, -0.2) is 4.98 Å². The minimum atomic E-state index is -0.0378. The van der Waals surface area contributed by atoms with Crippen molar-refractivity contribution >= 4 is 5.91 Å². The summed E-state index contributed by atoms with van der Waals surface area (Å²) in [5.41, 5.74) is -0.0378. The molecular formula is C20H28N2O3. The van der Waals surface area contributed by atoms with E-state index in [0.29, 0.717) is 30.2 Å². The Morgan fingerprint density at radius 1 is 1.28 bits per heavy atom. The first-order valence-electron chi connectivity index (χ1n) is 9.73. The Morgan fingerprint density at radius 2 is 2.12 bits per heavy atom. The van der Waals surface area contributed by atoms with Gasteiger partial charge in [-0.3, -0.25) is 4.79 Å². The zero-order chi connectivity index (χ0) is 17.1. The first kappa shape index (κ1) is 16.8. The van der Waals surface area contributed by atoms with Crippen LogP contribution >= 0.6 is 0 Å². The third kappa shape index (κ3) is 3.52. The van der Waals surface area contributed by atoms with Gasteiger partial charge in [-0.15, -0.1) is 0 Å². The molecule has 1 amide bonds. The largest absolute Gasteiger partial charge is 0.478 e. The highest BCUT2D eigenvalue weighted by molar-refractivity contribution is 5.79. The molecule has 0 radical (unpaired) electrons. The van der Waals surface area contributed by atoms with Crippen molar-refractivity contribution in [3.63, 3.8) is 0 Å². The van der Waals surface area contributed by atoms with Crippen LogP contribution in [0.4, 0.5) is 0 Å². The molecule has 25 heavy (non-hydrogen) atoms. The Morgan fingerprint density at radius 3 is 2.80 bits per heavy atom. The van der Waals surface area contributed by atoms with Gasteiger partial charge >= 0.3 is 0 Å². The van der Waals surface area contributed by atoms with E-state index in [0.717, 1.165) is 58.2 Å². The van der Waals surface area contributed by atoms with Gasteiger partial charge < -0.3 is 14.4 Å². The molecule has 5 heteroatoms. The second-order valence-corrected chi connectivity index (χ2v) is 7.66. The summed E-state index contributed by atoms with van der Waals surface area (Å²) in [5.74, 6) is 1.91. The Hall–Kier alpha value is -1.62. The molecule has 1 aromatic rings. The van der Waals surface area contributed by atoms with E-state index in [1.165, 1.54) is 6.42 Å². The van der Waals surface area contributed by atoms with Gasteiger partial charge in [0.05, 0.1) is 12.2 Å². The van der Waals surface area contributed by atoms with E-state index in [9.17, 15) is 4.79 Å². The smallest absolute Gasteiger partial charge is 0.225 e. The summed E-state index contributed by atoms with van der Waals surface area (Å²) in [6.45, 7) is 3.22. The Bertz CT molecular complexity index is 580. The van der Waals surface area contributed by atoms with Gasteiger partial charge in [-0.1, -0.05) is 12.5 Å². The monoisotopic (exact) mass is 344 g/mol. The van der Waals surface area contributed by atoms with E-state index in [4.69, 9.17) is 9.47 Å². The molecule has 1 atom stereocenters. The number of hydrogen-bond acceptors (Lipinski definition) is 4. The van der Waals surface area contributed by atoms with Gasteiger partial charge in [-0.05, 0) is 50.5 Å². The number of ether oxygens (including phenoxy) is 2. The summed E-state index contributed by atoms with van der Waals surface area (Å²) >= 11 is 0. The summed E-state index contributed by atoms with van der Waals surface area (Å²) in [5, 5.41) is 0. The zero-order valence-electron chi connectivity index (χ0n) is 14.9. The number of amides is 1. The van der Waals surface area contributed by atoms with Crippen LogP contribution in [-0.4, -0.2) is 47.7 Å². The highest BCUT2D eigenvalue weighted by atomic mass is 16.5. The fourth-order valence-corrected chi connectivity index (χ4v) is 4.50. The number of rotatable bonds is 5. The van der Waals surface area contributed by atoms with Crippen LogP contribution in [0.5, 0.6) is 5.88 Å². The third-order valence-electron chi connectivity index (χ3n) is 6.33. The summed E-state index contributed by atoms with van der Waals surface area (Å²) < 4.78 is 12.0. The number of nitrogens with zero attached hydrogens (tertiary/aromatic N) is 2. The highest BCUT2D eigenvalue weighted by Gasteiger charge is 2.47. The van der Waals surface area contributed by atoms with E-state index in [2.05, 4.69) is 9.88 Å². The van der Waals surface area contributed by atoms with E-state index >= 15 is 0 Å². The van der Waals surface area contributed by atoms with Crippen molar-refractivity contribution in [2.24, 2.45) is 11.8 Å². The van der Waals surface area contributed by atoms with E-state index < -0.39 is 0 Å². The number of hydrogen-bond donors (Lipinski definition) is 0. The summed E-state index contributed by atoms with van der Waals surface area (Å²) in [6, 6.07) is 5.73. The predicted octanol–water partition coefficient (Wildman–Crippen LogP) is 3.05. The van der Waals surface area contributed by atoms with E-state index in [-0.39, 0.29) is 5.60 Å². The van der Waals surface area contributed by atoms with Crippen LogP contribution in [0.1, 0.15) is 44.9 Å². The fraction of sp³-hybridized carbons (Fsp3) is 0.700. The average molecular weight is 344 g/mol. The molecule has 136 valence electrons. The third-order valence-corrected chi connectivity index (χ3v) is 6.33. The maximum atomic E-state index is 12.5. The van der Waals surface area contributed by atoms with E-state index in [1.807, 2.05) is 18.2 Å². The van der Waals surface area contributed by atoms with Crippen molar-refractivity contribution in [1.82, 2.24) is 9.88 Å². The normalized spacial score (nSPS) is 25.8. The number of aromatic nitrogens is 1. The number of piperidine rings is 1. The second-order valence-electron chi connectivity index (χ2n) is 7.66. The van der Waals surface area contributed by atoms with Crippen molar-refractivity contribution in [2.45, 2.75) is 50.5 Å². The summed E-state index contributed by atoms with van der Waals surface area (Å²) in [6.07, 6.45) is 9.18. The lowest BCUT2D eigenvalue weighted by Crippen LogP contribution is -2.51. The first-order valence-corrected chi connectivity index (χ1v) is 9.73. The molecule has 0 N–H and O–H groups in total. The Kier molecular flexibility index (Phi) is 4.93. The number of carbonyl (C=O) groups excluding carboxylic acids is 1. The van der Waals surface area contributed by atoms with Gasteiger partial charge in [0.2, 0.25) is 11.8 Å². The highest BCUT2D eigenvalue weighted by Crippen LogP contribution is 2.43. The molecule has 4 rings (SSSR count). The van der Waals surface area contributed by atoms with Gasteiger partial charge in [0.1, 0.15) is 0 Å². The lowest BCUT2D eigenvalue weighted by Gasteiger charge is -2.43. The first-order chi connectivity index (χ1) is 12.3. The molecule has 1 spiro atoms. The van der Waals surface area contributed by atoms with Crippen molar-refractivity contribution in [1.29, 1.82) is 0 Å². The molecule has 2 saturated heterocycles. The van der Waals surface area contributed by atoms with Crippen LogP contribution in [-0.2, 0) is 9.53 Å². The minimum Gasteiger partial charge on any atom is -0.478 e. The predicted molar refractivity (Wildman–Crippen MR) is 94.3 cm³/mol. The van der Waals surface area contributed by atoms with Gasteiger partial charge in [0.15, 0.2) is 0 Å². The molecule has 1 aromatic heterocycles. The number of likely N-dealkylation sites (tertiary alicyclic amines) is 1. The molecule has 0 aromatic carbocycles. The fourth-order valence-electron chi connectivity index (χ4n) is 4.50. The van der Waals surface area contributed by atoms with Crippen LogP contribution in [0.3, 0.4) is 0 Å². The van der Waals surface area contributed by atoms with Crippen molar-refractivity contribution in [3.05, 3.63) is 24.4 Å². The van der Waals surface area contributed by atoms with Crippen molar-refractivity contribution < 1.29 is 14.3 Å². The van der Waals surface area contributed by atoms with Crippen LogP contribution in [0.15, 0.2) is 24.4 Å².